The first-order valence-corrected chi connectivity index (χ1v) is 6.25. The third-order valence-electron chi connectivity index (χ3n) is 3.07. The summed E-state index contributed by atoms with van der Waals surface area (Å²) in [6.45, 7) is 3.89. The first-order valence-electron chi connectivity index (χ1n) is 6.25. The Morgan fingerprint density at radius 1 is 1.35 bits per heavy atom. The molecule has 2 aromatic rings. The van der Waals surface area contributed by atoms with Crippen LogP contribution in [0.15, 0.2) is 34.7 Å². The summed E-state index contributed by atoms with van der Waals surface area (Å²) < 4.78 is 10.4. The van der Waals surface area contributed by atoms with Gasteiger partial charge in [-0.2, -0.15) is 0 Å². The number of nitrogens with one attached hydrogen (secondary N) is 1. The van der Waals surface area contributed by atoms with Gasteiger partial charge in [-0.1, -0.05) is 0 Å². The molecule has 0 saturated carbocycles. The summed E-state index contributed by atoms with van der Waals surface area (Å²) in [5.74, 6) is 0.258. The van der Waals surface area contributed by atoms with Crippen LogP contribution in [0.4, 0.5) is 5.69 Å². The molecule has 20 heavy (non-hydrogen) atoms. The SMILES string of the molecule is COc1ccc(NC(C)c2ccc(C(=O)O)o2)c(C)c1. The molecule has 0 spiro atoms. The van der Waals surface area contributed by atoms with E-state index in [2.05, 4.69) is 5.32 Å². The van der Waals surface area contributed by atoms with Crippen molar-refractivity contribution in [2.24, 2.45) is 0 Å². The Morgan fingerprint density at radius 3 is 2.65 bits per heavy atom. The molecule has 106 valence electrons. The van der Waals surface area contributed by atoms with Crippen molar-refractivity contribution in [3.05, 3.63) is 47.4 Å². The highest BCUT2D eigenvalue weighted by atomic mass is 16.5. The Morgan fingerprint density at radius 2 is 2.10 bits per heavy atom. The molecule has 1 aromatic carbocycles. The maximum atomic E-state index is 10.8. The molecular weight excluding hydrogens is 258 g/mol. The van der Waals surface area contributed by atoms with Crippen LogP contribution < -0.4 is 10.1 Å². The first kappa shape index (κ1) is 14.0. The standard InChI is InChI=1S/C15H17NO4/c1-9-8-11(19-3)4-5-12(9)16-10(2)13-6-7-14(20-13)15(17)18/h4-8,10,16H,1-3H3,(H,17,18). The van der Waals surface area contributed by atoms with E-state index in [-0.39, 0.29) is 11.8 Å². The molecule has 1 unspecified atom stereocenters. The molecule has 1 atom stereocenters. The van der Waals surface area contributed by atoms with Gasteiger partial charge in [-0.3, -0.25) is 0 Å². The van der Waals surface area contributed by atoms with Crippen molar-refractivity contribution in [3.8, 4) is 5.75 Å². The Bertz CT molecular complexity index is 618. The molecule has 1 aromatic heterocycles. The minimum Gasteiger partial charge on any atom is -0.497 e. The minimum absolute atomic E-state index is 0.0555. The lowest BCUT2D eigenvalue weighted by Gasteiger charge is -2.15. The zero-order chi connectivity index (χ0) is 14.7. The van der Waals surface area contributed by atoms with Crippen LogP contribution in [0.1, 0.15) is 34.8 Å². The summed E-state index contributed by atoms with van der Waals surface area (Å²) in [4.78, 5) is 10.8. The molecule has 0 bridgehead atoms. The molecule has 0 saturated heterocycles. The van der Waals surface area contributed by atoms with Crippen LogP contribution in [-0.4, -0.2) is 18.2 Å². The number of hydrogen-bond donors (Lipinski definition) is 2. The molecule has 0 radical (unpaired) electrons. The Balaban J connectivity index is 2.14. The molecule has 0 aliphatic heterocycles. The van der Waals surface area contributed by atoms with Gasteiger partial charge in [0.25, 0.3) is 0 Å². The van der Waals surface area contributed by atoms with Gasteiger partial charge in [-0.25, -0.2) is 4.79 Å². The van der Waals surface area contributed by atoms with E-state index >= 15 is 0 Å². The lowest BCUT2D eigenvalue weighted by Crippen LogP contribution is -2.07. The van der Waals surface area contributed by atoms with E-state index in [1.54, 1.807) is 13.2 Å². The average Bonchev–Trinajstić information content (AvgIpc) is 2.91. The summed E-state index contributed by atoms with van der Waals surface area (Å²) in [6, 6.07) is 8.71. The number of rotatable bonds is 5. The van der Waals surface area contributed by atoms with Crippen molar-refractivity contribution in [1.82, 2.24) is 0 Å². The van der Waals surface area contributed by atoms with Gasteiger partial charge < -0.3 is 19.6 Å². The molecule has 0 aliphatic rings. The minimum atomic E-state index is -1.07. The number of carboxylic acids is 1. The van der Waals surface area contributed by atoms with Gasteiger partial charge in [0, 0.05) is 5.69 Å². The zero-order valence-corrected chi connectivity index (χ0v) is 11.6. The Kier molecular flexibility index (Phi) is 3.98. The number of aromatic carboxylic acids is 1. The second kappa shape index (κ2) is 5.69. The third-order valence-corrected chi connectivity index (χ3v) is 3.07. The normalized spacial score (nSPS) is 11.9. The molecule has 5 nitrogen and oxygen atoms in total. The molecule has 2 rings (SSSR count). The van der Waals surface area contributed by atoms with Crippen molar-refractivity contribution >= 4 is 11.7 Å². The van der Waals surface area contributed by atoms with E-state index in [9.17, 15) is 4.79 Å². The first-order chi connectivity index (χ1) is 9.51. The number of methoxy groups -OCH3 is 1. The summed E-state index contributed by atoms with van der Waals surface area (Å²) in [5, 5.41) is 12.1. The van der Waals surface area contributed by atoms with Gasteiger partial charge in [0.15, 0.2) is 0 Å². The molecular formula is C15H17NO4. The van der Waals surface area contributed by atoms with Crippen LogP contribution >= 0.6 is 0 Å². The number of benzene rings is 1. The van der Waals surface area contributed by atoms with Crippen LogP contribution in [-0.2, 0) is 0 Å². The number of anilines is 1. The van der Waals surface area contributed by atoms with Crippen molar-refractivity contribution in [2.75, 3.05) is 12.4 Å². The Labute approximate surface area is 117 Å². The number of furan rings is 1. The van der Waals surface area contributed by atoms with Gasteiger partial charge in [0.2, 0.25) is 5.76 Å². The molecule has 0 aliphatic carbocycles. The second-order valence-corrected chi connectivity index (χ2v) is 4.55. The summed E-state index contributed by atoms with van der Waals surface area (Å²) in [5.41, 5.74) is 1.99. The van der Waals surface area contributed by atoms with Gasteiger partial charge in [0.05, 0.1) is 13.2 Å². The predicted molar refractivity (Wildman–Crippen MR) is 75.4 cm³/mol. The van der Waals surface area contributed by atoms with Crippen molar-refractivity contribution < 1.29 is 19.1 Å². The zero-order valence-electron chi connectivity index (χ0n) is 11.6. The number of ether oxygens (including phenoxy) is 1. The lowest BCUT2D eigenvalue weighted by molar-refractivity contribution is 0.0660. The highest BCUT2D eigenvalue weighted by molar-refractivity contribution is 5.84. The predicted octanol–water partition coefficient (Wildman–Crippen LogP) is 3.47. The third kappa shape index (κ3) is 2.93. The molecule has 0 amide bonds. The van der Waals surface area contributed by atoms with E-state index in [1.165, 1.54) is 6.07 Å². The average molecular weight is 275 g/mol. The smallest absolute Gasteiger partial charge is 0.371 e. The van der Waals surface area contributed by atoms with E-state index in [4.69, 9.17) is 14.3 Å². The monoisotopic (exact) mass is 275 g/mol. The van der Waals surface area contributed by atoms with Crippen LogP contribution in [0.2, 0.25) is 0 Å². The Hall–Kier alpha value is -2.43. The van der Waals surface area contributed by atoms with Crippen molar-refractivity contribution in [3.63, 3.8) is 0 Å². The largest absolute Gasteiger partial charge is 0.497 e. The fourth-order valence-electron chi connectivity index (χ4n) is 1.93. The highest BCUT2D eigenvalue weighted by Crippen LogP contribution is 2.26. The number of carboxylic acid groups (broad SMARTS) is 1. The molecule has 0 fully saturated rings. The number of carbonyl (C=O) groups is 1. The number of hydrogen-bond acceptors (Lipinski definition) is 4. The quantitative estimate of drug-likeness (QED) is 0.874. The molecule has 5 heteroatoms. The lowest BCUT2D eigenvalue weighted by atomic mass is 10.1. The van der Waals surface area contributed by atoms with Crippen molar-refractivity contribution in [2.45, 2.75) is 19.9 Å². The van der Waals surface area contributed by atoms with E-state index in [1.807, 2.05) is 32.0 Å². The van der Waals surface area contributed by atoms with Gasteiger partial charge in [0.1, 0.15) is 11.5 Å². The highest BCUT2D eigenvalue weighted by Gasteiger charge is 2.14. The van der Waals surface area contributed by atoms with Gasteiger partial charge >= 0.3 is 5.97 Å². The maximum absolute atomic E-state index is 10.8. The molecule has 2 N–H and O–H groups in total. The summed E-state index contributed by atoms with van der Waals surface area (Å²) in [7, 11) is 1.63. The van der Waals surface area contributed by atoms with E-state index in [0.29, 0.717) is 5.76 Å². The second-order valence-electron chi connectivity index (χ2n) is 4.55. The van der Waals surface area contributed by atoms with E-state index in [0.717, 1.165) is 17.0 Å². The fourth-order valence-corrected chi connectivity index (χ4v) is 1.93. The summed E-state index contributed by atoms with van der Waals surface area (Å²) >= 11 is 0. The van der Waals surface area contributed by atoms with Gasteiger partial charge in [-0.05, 0) is 49.7 Å². The topological polar surface area (TPSA) is 71.7 Å². The van der Waals surface area contributed by atoms with E-state index < -0.39 is 5.97 Å². The summed E-state index contributed by atoms with van der Waals surface area (Å²) in [6.07, 6.45) is 0. The van der Waals surface area contributed by atoms with Crippen LogP contribution in [0.5, 0.6) is 5.75 Å². The van der Waals surface area contributed by atoms with Crippen LogP contribution in [0.25, 0.3) is 0 Å². The van der Waals surface area contributed by atoms with Crippen LogP contribution in [0, 0.1) is 6.92 Å². The van der Waals surface area contributed by atoms with Crippen molar-refractivity contribution in [1.29, 1.82) is 0 Å². The van der Waals surface area contributed by atoms with Gasteiger partial charge in [-0.15, -0.1) is 0 Å². The number of aryl methyl sites for hydroxylation is 1. The molecule has 1 heterocycles. The van der Waals surface area contributed by atoms with Crippen LogP contribution in [0.3, 0.4) is 0 Å². The fraction of sp³-hybridized carbons (Fsp3) is 0.267. The maximum Gasteiger partial charge on any atom is 0.371 e.